The largest absolute Gasteiger partial charge is 0.352 e. The average molecular weight is 433 g/mol. The van der Waals surface area contributed by atoms with Crippen LogP contribution in [0.2, 0.25) is 0 Å². The fraction of sp³-hybridized carbons (Fsp3) is 0.294. The zero-order valence-electron chi connectivity index (χ0n) is 14.9. The molecule has 0 radical (unpaired) electrons. The minimum atomic E-state index is -9.71. The first-order valence-electron chi connectivity index (χ1n) is 8.45. The van der Waals surface area contributed by atoms with E-state index >= 15 is 0 Å². The van der Waals surface area contributed by atoms with Gasteiger partial charge in [-0.2, -0.15) is 5.26 Å². The van der Waals surface area contributed by atoms with Crippen molar-refractivity contribution >= 4 is 21.9 Å². The maximum Gasteiger partial charge on any atom is 0.310 e. The third-order valence-corrected chi connectivity index (χ3v) is 5.61. The summed E-state index contributed by atoms with van der Waals surface area (Å²) in [5, 5.41) is 16.4. The van der Waals surface area contributed by atoms with Crippen LogP contribution in [0.25, 0.3) is 0 Å². The van der Waals surface area contributed by atoms with Crippen molar-refractivity contribution in [2.24, 2.45) is 0 Å². The van der Waals surface area contributed by atoms with E-state index in [2.05, 4.69) is 10.2 Å². The minimum absolute atomic E-state index is 0.183. The Morgan fingerprint density at radius 1 is 0.966 bits per heavy atom. The number of hydrogen-bond donors (Lipinski definition) is 0. The summed E-state index contributed by atoms with van der Waals surface area (Å²) in [6.45, 7) is 1.67. The first-order chi connectivity index (χ1) is 13.4. The third kappa shape index (κ3) is 5.11. The molecule has 0 unspecified atom stereocenters. The molecule has 0 spiro atoms. The summed E-state index contributed by atoms with van der Waals surface area (Å²) in [6.07, 6.45) is -0.183. The van der Waals surface area contributed by atoms with Gasteiger partial charge in [0, 0.05) is 26.2 Å². The molecule has 3 rings (SSSR count). The highest BCUT2D eigenvalue weighted by molar-refractivity contribution is 8.45. The van der Waals surface area contributed by atoms with Gasteiger partial charge >= 0.3 is 10.2 Å². The summed E-state index contributed by atoms with van der Waals surface area (Å²) in [6, 6.07) is 7.48. The molecule has 6 nitrogen and oxygen atoms in total. The molecular formula is C17H16F5N5OS. The van der Waals surface area contributed by atoms with Gasteiger partial charge in [0.2, 0.25) is 5.91 Å². The van der Waals surface area contributed by atoms with E-state index < -0.39 is 15.1 Å². The number of carbonyl (C=O) groups is 1. The molecule has 2 aromatic rings. The van der Waals surface area contributed by atoms with Crippen molar-refractivity contribution in [3.8, 4) is 6.07 Å². The van der Waals surface area contributed by atoms with Crippen molar-refractivity contribution in [2.75, 3.05) is 31.1 Å². The van der Waals surface area contributed by atoms with Crippen LogP contribution in [0.5, 0.6) is 0 Å². The number of carbonyl (C=O) groups excluding carboxylic acids is 1. The molecule has 29 heavy (non-hydrogen) atoms. The Balaban J connectivity index is 1.58. The molecule has 0 aliphatic carbocycles. The molecule has 1 aliphatic rings. The molecule has 1 aliphatic heterocycles. The molecule has 156 valence electrons. The van der Waals surface area contributed by atoms with Gasteiger partial charge in [0.1, 0.15) is 11.0 Å². The van der Waals surface area contributed by atoms with Crippen LogP contribution in [-0.4, -0.2) is 47.2 Å². The van der Waals surface area contributed by atoms with Crippen LogP contribution < -0.4 is 4.90 Å². The van der Waals surface area contributed by atoms with E-state index in [1.54, 1.807) is 11.0 Å². The van der Waals surface area contributed by atoms with Gasteiger partial charge in [-0.3, -0.25) is 4.79 Å². The van der Waals surface area contributed by atoms with Gasteiger partial charge in [0.05, 0.1) is 6.42 Å². The van der Waals surface area contributed by atoms with E-state index in [4.69, 9.17) is 5.26 Å². The van der Waals surface area contributed by atoms with Gasteiger partial charge < -0.3 is 9.80 Å². The minimum Gasteiger partial charge on any atom is -0.352 e. The summed E-state index contributed by atoms with van der Waals surface area (Å²) in [5.41, 5.74) is 0.416. The van der Waals surface area contributed by atoms with E-state index in [0.717, 1.165) is 12.1 Å². The van der Waals surface area contributed by atoms with E-state index in [1.165, 1.54) is 6.07 Å². The van der Waals surface area contributed by atoms with Gasteiger partial charge in [-0.1, -0.05) is 31.6 Å². The fourth-order valence-corrected chi connectivity index (χ4v) is 3.54. The Morgan fingerprint density at radius 3 is 2.07 bits per heavy atom. The average Bonchev–Trinajstić information content (AvgIpc) is 2.67. The van der Waals surface area contributed by atoms with Gasteiger partial charge in [0.15, 0.2) is 11.5 Å². The SMILES string of the molecule is N#Cc1ccc(N2CCN(C(=O)Cc3ccc(S(F)(F)(F)(F)F)cc3)CC2)nn1. The number of rotatable bonds is 4. The van der Waals surface area contributed by atoms with Crippen LogP contribution in [0.1, 0.15) is 11.3 Å². The number of piperazine rings is 1. The second-order valence-corrected chi connectivity index (χ2v) is 8.96. The molecule has 1 amide bonds. The van der Waals surface area contributed by atoms with Crippen LogP contribution in [0.3, 0.4) is 0 Å². The lowest BCUT2D eigenvalue weighted by atomic mass is 10.1. The Morgan fingerprint density at radius 2 is 1.59 bits per heavy atom. The zero-order chi connectivity index (χ0) is 21.3. The molecule has 2 heterocycles. The van der Waals surface area contributed by atoms with Crippen LogP contribution in [0, 0.1) is 11.3 Å². The van der Waals surface area contributed by atoms with Crippen molar-refractivity contribution in [1.29, 1.82) is 5.26 Å². The topological polar surface area (TPSA) is 73.1 Å². The molecule has 1 aromatic heterocycles. The van der Waals surface area contributed by atoms with Crippen LogP contribution in [-0.2, 0) is 11.2 Å². The molecule has 1 aromatic carbocycles. The van der Waals surface area contributed by atoms with Gasteiger partial charge in [-0.15, -0.1) is 10.2 Å². The monoisotopic (exact) mass is 433 g/mol. The molecular weight excluding hydrogens is 417 g/mol. The van der Waals surface area contributed by atoms with Crippen molar-refractivity contribution in [1.82, 2.24) is 15.1 Å². The number of amides is 1. The van der Waals surface area contributed by atoms with Crippen LogP contribution >= 0.6 is 10.2 Å². The van der Waals surface area contributed by atoms with Crippen LogP contribution in [0.4, 0.5) is 25.2 Å². The normalized spacial score (nSPS) is 17.2. The van der Waals surface area contributed by atoms with Gasteiger partial charge in [0.25, 0.3) is 0 Å². The maximum absolute atomic E-state index is 12.7. The smallest absolute Gasteiger partial charge is 0.310 e. The fourth-order valence-electron chi connectivity index (χ4n) is 2.89. The highest BCUT2D eigenvalue weighted by atomic mass is 32.5. The molecule has 1 fully saturated rings. The van der Waals surface area contributed by atoms with E-state index in [-0.39, 0.29) is 23.6 Å². The lowest BCUT2D eigenvalue weighted by molar-refractivity contribution is -0.130. The number of aromatic nitrogens is 2. The first kappa shape index (κ1) is 20.8. The Hall–Kier alpha value is -2.94. The quantitative estimate of drug-likeness (QED) is 0.684. The Kier molecular flexibility index (Phi) is 4.69. The number of halogens is 5. The van der Waals surface area contributed by atoms with Crippen molar-refractivity contribution in [3.05, 3.63) is 47.7 Å². The molecule has 12 heteroatoms. The van der Waals surface area contributed by atoms with Crippen molar-refractivity contribution < 1.29 is 24.2 Å². The highest BCUT2D eigenvalue weighted by Crippen LogP contribution is 3.02. The highest BCUT2D eigenvalue weighted by Gasteiger charge is 2.65. The summed E-state index contributed by atoms with van der Waals surface area (Å²) < 4.78 is 63.7. The lowest BCUT2D eigenvalue weighted by Gasteiger charge is -2.40. The number of anilines is 1. The second kappa shape index (κ2) is 6.55. The van der Waals surface area contributed by atoms with Gasteiger partial charge in [-0.25, -0.2) is 0 Å². The van der Waals surface area contributed by atoms with E-state index in [0.29, 0.717) is 44.1 Å². The number of benzene rings is 1. The summed E-state index contributed by atoms with van der Waals surface area (Å²) in [4.78, 5) is 13.8. The van der Waals surface area contributed by atoms with E-state index in [1.807, 2.05) is 11.0 Å². The molecule has 1 saturated heterocycles. The molecule has 0 atom stereocenters. The number of nitriles is 1. The zero-order valence-corrected chi connectivity index (χ0v) is 15.8. The second-order valence-electron chi connectivity index (χ2n) is 6.55. The lowest BCUT2D eigenvalue weighted by Crippen LogP contribution is -2.49. The maximum atomic E-state index is 12.7. The van der Waals surface area contributed by atoms with Crippen molar-refractivity contribution in [2.45, 2.75) is 11.3 Å². The van der Waals surface area contributed by atoms with Crippen LogP contribution in [0.15, 0.2) is 41.3 Å². The predicted molar refractivity (Wildman–Crippen MR) is 97.1 cm³/mol. The first-order valence-corrected chi connectivity index (χ1v) is 10.4. The molecule has 0 saturated carbocycles. The Labute approximate surface area is 163 Å². The summed E-state index contributed by atoms with van der Waals surface area (Å²) >= 11 is 0. The molecule has 0 bridgehead atoms. The number of hydrogen-bond acceptors (Lipinski definition) is 5. The molecule has 0 N–H and O–H groups in total. The van der Waals surface area contributed by atoms with E-state index in [9.17, 15) is 24.2 Å². The number of nitrogens with zero attached hydrogens (tertiary/aromatic N) is 5. The predicted octanol–water partition coefficient (Wildman–Crippen LogP) is 3.90. The third-order valence-electron chi connectivity index (χ3n) is 4.45. The van der Waals surface area contributed by atoms with Gasteiger partial charge in [-0.05, 0) is 29.8 Å². The summed E-state index contributed by atoms with van der Waals surface area (Å²) in [7, 11) is -9.71. The Bertz CT molecular complexity index is 950. The summed E-state index contributed by atoms with van der Waals surface area (Å²) in [5.74, 6) is 0.262. The van der Waals surface area contributed by atoms with Crippen molar-refractivity contribution in [3.63, 3.8) is 0 Å². The standard InChI is InChI=1S/C17H16F5N5OS/c18-29(19,20,21,22)15-4-1-13(2-5-15)11-17(28)27-9-7-26(8-10-27)16-6-3-14(12-23)24-25-16/h1-6H,7-11H2.